The van der Waals surface area contributed by atoms with Crippen molar-refractivity contribution in [1.82, 2.24) is 4.98 Å². The van der Waals surface area contributed by atoms with Crippen LogP contribution in [0.3, 0.4) is 0 Å². The number of anilines is 1. The Kier molecular flexibility index (Phi) is 4.68. The minimum Gasteiger partial charge on any atom is -0.476 e. The van der Waals surface area contributed by atoms with Crippen LogP contribution in [0.4, 0.5) is 10.1 Å². The Hall–Kier alpha value is -1.95. The maximum absolute atomic E-state index is 13.8. The molecule has 0 aliphatic carbocycles. The molecule has 0 aliphatic rings. The molecular formula is C14H12BrFN2O2. The van der Waals surface area contributed by atoms with Gasteiger partial charge in [0.05, 0.1) is 16.6 Å². The number of amides is 1. The SMILES string of the molecule is CCOc1ncccc1NC(=O)c1cccc(Br)c1F. The van der Waals surface area contributed by atoms with E-state index in [1.165, 1.54) is 12.1 Å². The number of carbonyl (C=O) groups is 1. The van der Waals surface area contributed by atoms with E-state index in [4.69, 9.17) is 4.74 Å². The molecule has 0 unspecified atom stereocenters. The number of aromatic nitrogens is 1. The van der Waals surface area contributed by atoms with Gasteiger partial charge in [0.2, 0.25) is 5.88 Å². The monoisotopic (exact) mass is 338 g/mol. The predicted molar refractivity (Wildman–Crippen MR) is 77.5 cm³/mol. The van der Waals surface area contributed by atoms with Gasteiger partial charge < -0.3 is 10.1 Å². The molecule has 1 aromatic carbocycles. The molecule has 4 nitrogen and oxygen atoms in total. The van der Waals surface area contributed by atoms with E-state index in [1.54, 1.807) is 24.4 Å². The largest absolute Gasteiger partial charge is 0.476 e. The van der Waals surface area contributed by atoms with E-state index in [1.807, 2.05) is 6.92 Å². The number of ether oxygens (including phenoxy) is 1. The maximum atomic E-state index is 13.8. The van der Waals surface area contributed by atoms with Crippen molar-refractivity contribution in [3.8, 4) is 5.88 Å². The Balaban J connectivity index is 2.26. The topological polar surface area (TPSA) is 51.2 Å². The van der Waals surface area contributed by atoms with E-state index < -0.39 is 11.7 Å². The summed E-state index contributed by atoms with van der Waals surface area (Å²) in [7, 11) is 0. The summed E-state index contributed by atoms with van der Waals surface area (Å²) < 4.78 is 19.4. The van der Waals surface area contributed by atoms with Crippen LogP contribution in [0.25, 0.3) is 0 Å². The molecule has 0 fully saturated rings. The summed E-state index contributed by atoms with van der Waals surface area (Å²) in [5, 5.41) is 2.59. The quantitative estimate of drug-likeness (QED) is 0.925. The zero-order valence-corrected chi connectivity index (χ0v) is 12.3. The third-order valence-corrected chi connectivity index (χ3v) is 3.11. The third-order valence-electron chi connectivity index (χ3n) is 2.50. The van der Waals surface area contributed by atoms with Gasteiger partial charge >= 0.3 is 0 Å². The highest BCUT2D eigenvalue weighted by Crippen LogP contribution is 2.23. The van der Waals surface area contributed by atoms with Crippen LogP contribution in [-0.4, -0.2) is 17.5 Å². The lowest BCUT2D eigenvalue weighted by Crippen LogP contribution is -2.15. The van der Waals surface area contributed by atoms with Gasteiger partial charge in [-0.05, 0) is 47.1 Å². The van der Waals surface area contributed by atoms with Crippen molar-refractivity contribution >= 4 is 27.5 Å². The van der Waals surface area contributed by atoms with Crippen molar-refractivity contribution in [2.75, 3.05) is 11.9 Å². The van der Waals surface area contributed by atoms with Gasteiger partial charge in [-0.15, -0.1) is 0 Å². The molecule has 6 heteroatoms. The second kappa shape index (κ2) is 6.47. The molecule has 0 radical (unpaired) electrons. The van der Waals surface area contributed by atoms with E-state index in [0.29, 0.717) is 18.2 Å². The molecule has 0 saturated heterocycles. The molecule has 0 saturated carbocycles. The number of nitrogens with one attached hydrogen (secondary N) is 1. The number of pyridine rings is 1. The second-order valence-corrected chi connectivity index (χ2v) is 4.70. The Morgan fingerprint density at radius 2 is 2.20 bits per heavy atom. The standard InChI is InChI=1S/C14H12BrFN2O2/c1-2-20-14-11(7-4-8-17-14)18-13(19)9-5-3-6-10(15)12(9)16/h3-8H,2H2,1H3,(H,18,19). The van der Waals surface area contributed by atoms with Crippen molar-refractivity contribution < 1.29 is 13.9 Å². The number of nitrogens with zero attached hydrogens (tertiary/aromatic N) is 1. The second-order valence-electron chi connectivity index (χ2n) is 3.84. The predicted octanol–water partition coefficient (Wildman–Crippen LogP) is 3.63. The lowest BCUT2D eigenvalue weighted by atomic mass is 10.2. The van der Waals surface area contributed by atoms with E-state index in [-0.39, 0.29) is 10.0 Å². The molecular weight excluding hydrogens is 327 g/mol. The molecule has 0 spiro atoms. The Morgan fingerprint density at radius 1 is 1.40 bits per heavy atom. The van der Waals surface area contributed by atoms with Crippen LogP contribution in [0.2, 0.25) is 0 Å². The van der Waals surface area contributed by atoms with Crippen molar-refractivity contribution in [2.24, 2.45) is 0 Å². The van der Waals surface area contributed by atoms with Gasteiger partial charge in [0.25, 0.3) is 5.91 Å². The van der Waals surface area contributed by atoms with Gasteiger partial charge in [-0.25, -0.2) is 9.37 Å². The van der Waals surface area contributed by atoms with Crippen LogP contribution in [0.5, 0.6) is 5.88 Å². The maximum Gasteiger partial charge on any atom is 0.258 e. The lowest BCUT2D eigenvalue weighted by Gasteiger charge is -2.10. The summed E-state index contributed by atoms with van der Waals surface area (Å²) in [5.74, 6) is -0.858. The normalized spacial score (nSPS) is 10.2. The fraction of sp³-hybridized carbons (Fsp3) is 0.143. The molecule has 2 aromatic rings. The molecule has 1 aromatic heterocycles. The van der Waals surface area contributed by atoms with Crippen molar-refractivity contribution in [3.63, 3.8) is 0 Å². The molecule has 1 amide bonds. The fourth-order valence-corrected chi connectivity index (χ4v) is 1.97. The van der Waals surface area contributed by atoms with Crippen LogP contribution < -0.4 is 10.1 Å². The molecule has 1 heterocycles. The number of hydrogen-bond acceptors (Lipinski definition) is 3. The molecule has 104 valence electrons. The summed E-state index contributed by atoms with van der Waals surface area (Å²) in [6, 6.07) is 7.84. The van der Waals surface area contributed by atoms with Gasteiger partial charge in [-0.1, -0.05) is 6.07 Å². The van der Waals surface area contributed by atoms with Crippen molar-refractivity contribution in [3.05, 3.63) is 52.4 Å². The van der Waals surface area contributed by atoms with E-state index in [2.05, 4.69) is 26.2 Å². The smallest absolute Gasteiger partial charge is 0.258 e. The highest BCUT2D eigenvalue weighted by atomic mass is 79.9. The molecule has 0 aliphatic heterocycles. The molecule has 20 heavy (non-hydrogen) atoms. The molecule has 2 rings (SSSR count). The van der Waals surface area contributed by atoms with Crippen LogP contribution in [0, 0.1) is 5.82 Å². The summed E-state index contributed by atoms with van der Waals surface area (Å²) >= 11 is 3.05. The first-order chi connectivity index (χ1) is 9.63. The van der Waals surface area contributed by atoms with E-state index in [0.717, 1.165) is 0 Å². The zero-order chi connectivity index (χ0) is 14.5. The van der Waals surface area contributed by atoms with Crippen LogP contribution >= 0.6 is 15.9 Å². The first kappa shape index (κ1) is 14.5. The first-order valence-electron chi connectivity index (χ1n) is 5.96. The summed E-state index contributed by atoms with van der Waals surface area (Å²) in [6.07, 6.45) is 1.56. The minimum absolute atomic E-state index is 0.0503. The van der Waals surface area contributed by atoms with Crippen LogP contribution in [0.15, 0.2) is 41.0 Å². The summed E-state index contributed by atoms with van der Waals surface area (Å²) in [6.45, 7) is 2.24. The molecule has 1 N–H and O–H groups in total. The minimum atomic E-state index is -0.605. The first-order valence-corrected chi connectivity index (χ1v) is 6.76. The average Bonchev–Trinajstić information content (AvgIpc) is 2.44. The fourth-order valence-electron chi connectivity index (χ4n) is 1.61. The number of hydrogen-bond donors (Lipinski definition) is 1. The molecule has 0 bridgehead atoms. The van der Waals surface area contributed by atoms with Gasteiger partial charge in [0, 0.05) is 6.20 Å². The van der Waals surface area contributed by atoms with Gasteiger partial charge in [0.1, 0.15) is 11.5 Å². The number of halogens is 2. The highest BCUT2D eigenvalue weighted by Gasteiger charge is 2.15. The molecule has 0 atom stereocenters. The van der Waals surface area contributed by atoms with Gasteiger partial charge in [-0.3, -0.25) is 4.79 Å². The zero-order valence-electron chi connectivity index (χ0n) is 10.7. The van der Waals surface area contributed by atoms with Gasteiger partial charge in [-0.2, -0.15) is 0 Å². The lowest BCUT2D eigenvalue weighted by molar-refractivity contribution is 0.102. The number of rotatable bonds is 4. The Labute approximate surface area is 124 Å². The number of carbonyl (C=O) groups excluding carboxylic acids is 1. The van der Waals surface area contributed by atoms with Crippen LogP contribution in [-0.2, 0) is 0 Å². The summed E-state index contributed by atoms with van der Waals surface area (Å²) in [4.78, 5) is 16.1. The Bertz CT molecular complexity index is 634. The van der Waals surface area contributed by atoms with Gasteiger partial charge in [0.15, 0.2) is 0 Å². The average molecular weight is 339 g/mol. The highest BCUT2D eigenvalue weighted by molar-refractivity contribution is 9.10. The third kappa shape index (κ3) is 3.14. The van der Waals surface area contributed by atoms with Crippen molar-refractivity contribution in [2.45, 2.75) is 6.92 Å². The van der Waals surface area contributed by atoms with E-state index in [9.17, 15) is 9.18 Å². The Morgan fingerprint density at radius 3 is 2.95 bits per heavy atom. The van der Waals surface area contributed by atoms with Crippen molar-refractivity contribution in [1.29, 1.82) is 0 Å². The van der Waals surface area contributed by atoms with Crippen LogP contribution in [0.1, 0.15) is 17.3 Å². The number of benzene rings is 1. The summed E-state index contributed by atoms with van der Waals surface area (Å²) in [5.41, 5.74) is 0.351. The van der Waals surface area contributed by atoms with E-state index >= 15 is 0 Å².